The number of anilines is 2. The zero-order chi connectivity index (χ0) is 15.1. The molecule has 0 aliphatic rings. The fraction of sp³-hybridized carbons (Fsp3) is 0.250. The molecule has 0 aliphatic heterocycles. The molecule has 0 saturated carbocycles. The summed E-state index contributed by atoms with van der Waals surface area (Å²) >= 11 is 1.22. The molecule has 0 bridgehead atoms. The molecule has 108 valence electrons. The van der Waals surface area contributed by atoms with Crippen molar-refractivity contribution in [3.8, 4) is 0 Å². The van der Waals surface area contributed by atoms with Crippen molar-refractivity contribution in [2.75, 3.05) is 10.5 Å². The van der Waals surface area contributed by atoms with Gasteiger partial charge in [0.25, 0.3) is 10.0 Å². The molecule has 8 heteroatoms. The molecular weight excluding hydrogens is 301 g/mol. The molecule has 0 unspecified atom stereocenters. The number of nitrogen functional groups attached to an aromatic ring is 1. The molecule has 20 heavy (non-hydrogen) atoms. The van der Waals surface area contributed by atoms with Crippen LogP contribution in [0.3, 0.4) is 0 Å². The average molecular weight is 315 g/mol. The number of aromatic nitrogens is 1. The van der Waals surface area contributed by atoms with Crippen LogP contribution in [0.25, 0.3) is 0 Å². The monoisotopic (exact) mass is 315 g/mol. The first-order valence-corrected chi connectivity index (χ1v) is 8.03. The Hall–Kier alpha value is -1.67. The molecule has 2 aromatic rings. The molecule has 0 fully saturated rings. The zero-order valence-electron chi connectivity index (χ0n) is 11.2. The van der Waals surface area contributed by atoms with E-state index in [0.717, 1.165) is 16.6 Å². The van der Waals surface area contributed by atoms with E-state index >= 15 is 0 Å². The maximum atomic E-state index is 13.6. The molecule has 3 N–H and O–H groups in total. The number of hydrogen-bond donors (Lipinski definition) is 2. The first-order valence-electron chi connectivity index (χ1n) is 5.73. The van der Waals surface area contributed by atoms with Crippen LogP contribution in [0.1, 0.15) is 16.1 Å². The summed E-state index contributed by atoms with van der Waals surface area (Å²) in [7, 11) is -3.91. The van der Waals surface area contributed by atoms with Crippen molar-refractivity contribution in [3.63, 3.8) is 0 Å². The lowest BCUT2D eigenvalue weighted by atomic mass is 10.2. The number of rotatable bonds is 3. The van der Waals surface area contributed by atoms with Crippen LogP contribution < -0.4 is 10.5 Å². The number of hydrogen-bond acceptors (Lipinski definition) is 5. The van der Waals surface area contributed by atoms with E-state index in [1.165, 1.54) is 24.3 Å². The van der Waals surface area contributed by atoms with E-state index in [1.54, 1.807) is 6.92 Å². The van der Waals surface area contributed by atoms with Gasteiger partial charge in [-0.05, 0) is 32.9 Å². The van der Waals surface area contributed by atoms with Gasteiger partial charge in [-0.3, -0.25) is 4.72 Å². The smallest absolute Gasteiger partial charge is 0.264 e. The van der Waals surface area contributed by atoms with Crippen molar-refractivity contribution in [3.05, 3.63) is 34.1 Å². The third kappa shape index (κ3) is 2.75. The molecule has 1 aromatic heterocycles. The average Bonchev–Trinajstić information content (AvgIpc) is 2.61. The maximum absolute atomic E-state index is 13.6. The SMILES string of the molecule is Cc1nc(NS(=O)(=O)c2cc(N)cc(F)c2C)sc1C. The normalized spacial score (nSPS) is 11.6. The van der Waals surface area contributed by atoms with Crippen LogP contribution in [-0.2, 0) is 10.0 Å². The van der Waals surface area contributed by atoms with Crippen molar-refractivity contribution >= 4 is 32.2 Å². The van der Waals surface area contributed by atoms with Crippen LogP contribution in [0.5, 0.6) is 0 Å². The number of nitrogens with two attached hydrogens (primary N) is 1. The van der Waals surface area contributed by atoms with E-state index in [9.17, 15) is 12.8 Å². The third-order valence-corrected chi connectivity index (χ3v) is 5.44. The van der Waals surface area contributed by atoms with Crippen molar-refractivity contribution in [2.24, 2.45) is 0 Å². The van der Waals surface area contributed by atoms with Gasteiger partial charge in [-0.1, -0.05) is 0 Å². The summed E-state index contributed by atoms with van der Waals surface area (Å²) in [5, 5.41) is 0.252. The number of thiazole rings is 1. The molecule has 5 nitrogen and oxygen atoms in total. The number of nitrogens with one attached hydrogen (secondary N) is 1. The second kappa shape index (κ2) is 5.02. The van der Waals surface area contributed by atoms with Gasteiger partial charge in [0, 0.05) is 16.1 Å². The summed E-state index contributed by atoms with van der Waals surface area (Å²) in [6.45, 7) is 5.02. The van der Waals surface area contributed by atoms with Crippen LogP contribution in [-0.4, -0.2) is 13.4 Å². The summed E-state index contributed by atoms with van der Waals surface area (Å²) < 4.78 is 40.5. The van der Waals surface area contributed by atoms with Gasteiger partial charge in [0.2, 0.25) is 0 Å². The van der Waals surface area contributed by atoms with Crippen LogP contribution >= 0.6 is 11.3 Å². The Morgan fingerprint density at radius 1 is 1.30 bits per heavy atom. The summed E-state index contributed by atoms with van der Waals surface area (Å²) in [5.41, 5.74) is 6.33. The van der Waals surface area contributed by atoms with Gasteiger partial charge in [-0.2, -0.15) is 0 Å². The molecule has 0 radical (unpaired) electrons. The van der Waals surface area contributed by atoms with Crippen molar-refractivity contribution in [1.82, 2.24) is 4.98 Å². The molecule has 0 spiro atoms. The lowest BCUT2D eigenvalue weighted by Crippen LogP contribution is -2.15. The van der Waals surface area contributed by atoms with Gasteiger partial charge in [-0.15, -0.1) is 11.3 Å². The van der Waals surface area contributed by atoms with Crippen molar-refractivity contribution in [2.45, 2.75) is 25.7 Å². The molecule has 1 heterocycles. The highest BCUT2D eigenvalue weighted by Crippen LogP contribution is 2.27. The summed E-state index contributed by atoms with van der Waals surface area (Å²) in [4.78, 5) is 4.83. The first-order chi connectivity index (χ1) is 9.20. The largest absolute Gasteiger partial charge is 0.399 e. The lowest BCUT2D eigenvalue weighted by molar-refractivity contribution is 0.591. The number of aryl methyl sites for hydroxylation is 2. The van der Waals surface area contributed by atoms with Crippen molar-refractivity contribution in [1.29, 1.82) is 0 Å². The molecule has 0 atom stereocenters. The second-order valence-corrected chi connectivity index (χ2v) is 7.25. The highest BCUT2D eigenvalue weighted by molar-refractivity contribution is 7.93. The molecule has 1 aromatic carbocycles. The Labute approximate surface area is 120 Å². The molecule has 2 rings (SSSR count). The Balaban J connectivity index is 2.45. The second-order valence-electron chi connectivity index (χ2n) is 4.39. The first kappa shape index (κ1) is 14.7. The fourth-order valence-electron chi connectivity index (χ4n) is 1.64. The summed E-state index contributed by atoms with van der Waals surface area (Å²) in [6.07, 6.45) is 0. The topological polar surface area (TPSA) is 85.1 Å². The van der Waals surface area contributed by atoms with Gasteiger partial charge < -0.3 is 5.73 Å². The number of nitrogens with zero attached hydrogens (tertiary/aromatic N) is 1. The number of benzene rings is 1. The minimum absolute atomic E-state index is 0.0247. The highest BCUT2D eigenvalue weighted by atomic mass is 32.2. The summed E-state index contributed by atoms with van der Waals surface area (Å²) in [6, 6.07) is 2.32. The molecule has 0 aliphatic carbocycles. The van der Waals surface area contributed by atoms with Crippen LogP contribution in [0.15, 0.2) is 17.0 Å². The minimum Gasteiger partial charge on any atom is -0.399 e. The molecular formula is C12H14FN3O2S2. The maximum Gasteiger partial charge on any atom is 0.264 e. The van der Waals surface area contributed by atoms with Gasteiger partial charge >= 0.3 is 0 Å². The van der Waals surface area contributed by atoms with E-state index in [1.807, 2.05) is 6.92 Å². The van der Waals surface area contributed by atoms with Crippen molar-refractivity contribution < 1.29 is 12.8 Å². The van der Waals surface area contributed by atoms with Crippen LogP contribution in [0, 0.1) is 26.6 Å². The predicted octanol–water partition coefficient (Wildman–Crippen LogP) is 2.59. The molecule has 0 saturated heterocycles. The van der Waals surface area contributed by atoms with Crippen LogP contribution in [0.2, 0.25) is 0 Å². The zero-order valence-corrected chi connectivity index (χ0v) is 12.8. The molecule has 0 amide bonds. The van der Waals surface area contributed by atoms with Gasteiger partial charge in [0.1, 0.15) is 5.82 Å². The fourth-order valence-corrected chi connectivity index (χ4v) is 3.98. The van der Waals surface area contributed by atoms with Crippen LogP contribution in [0.4, 0.5) is 15.2 Å². The minimum atomic E-state index is -3.91. The summed E-state index contributed by atoms with van der Waals surface area (Å²) in [5.74, 6) is -0.656. The number of sulfonamides is 1. The lowest BCUT2D eigenvalue weighted by Gasteiger charge is -2.10. The van der Waals surface area contributed by atoms with Gasteiger partial charge in [0.15, 0.2) is 5.13 Å². The standard InChI is InChI=1S/C12H14FN3O2S2/c1-6-10(13)4-9(14)5-11(6)20(17,18)16-12-15-7(2)8(3)19-12/h4-5H,14H2,1-3H3,(H,15,16). The highest BCUT2D eigenvalue weighted by Gasteiger charge is 2.21. The third-order valence-electron chi connectivity index (χ3n) is 2.86. The predicted molar refractivity (Wildman–Crippen MR) is 77.9 cm³/mol. The Kier molecular flexibility index (Phi) is 3.70. The Morgan fingerprint density at radius 3 is 2.50 bits per heavy atom. The van der Waals surface area contributed by atoms with Gasteiger partial charge in [0.05, 0.1) is 10.6 Å². The number of halogens is 1. The van der Waals surface area contributed by atoms with E-state index in [-0.39, 0.29) is 21.3 Å². The van der Waals surface area contributed by atoms with E-state index in [4.69, 9.17) is 5.73 Å². The van der Waals surface area contributed by atoms with E-state index in [0.29, 0.717) is 0 Å². The Morgan fingerprint density at radius 2 is 1.95 bits per heavy atom. The quantitative estimate of drug-likeness (QED) is 0.853. The van der Waals surface area contributed by atoms with Gasteiger partial charge in [-0.25, -0.2) is 17.8 Å². The van der Waals surface area contributed by atoms with E-state index < -0.39 is 15.8 Å². The Bertz CT molecular complexity index is 750. The van der Waals surface area contributed by atoms with E-state index in [2.05, 4.69) is 9.71 Å².